The molecule has 2 rings (SSSR count). The standard InChI is InChI=1S/C14H16N4O2S/c1-4-20-13(19)12-10(3)16-14(21-12)18-17-9(2)11-7-5-6-8-15-11/h5-8H,4H2,1-3H3,(H,16,18)/b17-9-. The van der Waals surface area contributed by atoms with E-state index in [4.69, 9.17) is 4.74 Å². The number of aryl methyl sites for hydroxylation is 1. The van der Waals surface area contributed by atoms with E-state index in [0.29, 0.717) is 22.3 Å². The molecule has 0 aromatic carbocycles. The lowest BCUT2D eigenvalue weighted by atomic mass is 10.3. The largest absolute Gasteiger partial charge is 0.462 e. The van der Waals surface area contributed by atoms with Gasteiger partial charge in [0.25, 0.3) is 0 Å². The Labute approximate surface area is 126 Å². The molecule has 0 radical (unpaired) electrons. The van der Waals surface area contributed by atoms with Gasteiger partial charge in [-0.15, -0.1) is 0 Å². The number of thiazole rings is 1. The van der Waals surface area contributed by atoms with Gasteiger partial charge in [-0.25, -0.2) is 9.78 Å². The van der Waals surface area contributed by atoms with Gasteiger partial charge in [0, 0.05) is 6.20 Å². The van der Waals surface area contributed by atoms with Crippen molar-refractivity contribution in [3.63, 3.8) is 0 Å². The Kier molecular flexibility index (Phi) is 4.99. The Bertz CT molecular complexity index is 652. The summed E-state index contributed by atoms with van der Waals surface area (Å²) in [4.78, 5) is 20.7. The second-order valence-electron chi connectivity index (χ2n) is 4.18. The summed E-state index contributed by atoms with van der Waals surface area (Å²) in [6, 6.07) is 5.62. The number of nitrogens with zero attached hydrogens (tertiary/aromatic N) is 3. The number of hydrogen-bond donors (Lipinski definition) is 1. The van der Waals surface area contributed by atoms with Crippen LogP contribution in [-0.4, -0.2) is 28.3 Å². The Morgan fingerprint density at radius 3 is 2.95 bits per heavy atom. The highest BCUT2D eigenvalue weighted by Gasteiger charge is 2.16. The molecule has 0 atom stereocenters. The van der Waals surface area contributed by atoms with Crippen LogP contribution in [0.1, 0.15) is 34.9 Å². The number of carbonyl (C=O) groups is 1. The van der Waals surface area contributed by atoms with Gasteiger partial charge in [0.05, 0.1) is 23.7 Å². The predicted octanol–water partition coefficient (Wildman–Crippen LogP) is 2.86. The molecule has 0 fully saturated rings. The molecule has 2 aromatic heterocycles. The first-order valence-corrected chi connectivity index (χ1v) is 7.29. The van der Waals surface area contributed by atoms with Crippen molar-refractivity contribution in [1.29, 1.82) is 0 Å². The number of carbonyl (C=O) groups excluding carboxylic acids is 1. The summed E-state index contributed by atoms with van der Waals surface area (Å²) >= 11 is 1.22. The Morgan fingerprint density at radius 1 is 1.48 bits per heavy atom. The number of pyridine rings is 1. The molecule has 0 spiro atoms. The van der Waals surface area contributed by atoms with E-state index in [1.54, 1.807) is 20.0 Å². The summed E-state index contributed by atoms with van der Waals surface area (Å²) in [5, 5.41) is 4.77. The molecule has 6 nitrogen and oxygen atoms in total. The van der Waals surface area contributed by atoms with Crippen LogP contribution < -0.4 is 5.43 Å². The zero-order valence-corrected chi connectivity index (χ0v) is 12.9. The lowest BCUT2D eigenvalue weighted by Gasteiger charge is -1.99. The van der Waals surface area contributed by atoms with Gasteiger partial charge in [0.1, 0.15) is 4.88 Å². The zero-order valence-electron chi connectivity index (χ0n) is 12.1. The van der Waals surface area contributed by atoms with Crippen molar-refractivity contribution in [2.45, 2.75) is 20.8 Å². The van der Waals surface area contributed by atoms with Crippen molar-refractivity contribution in [2.75, 3.05) is 12.0 Å². The summed E-state index contributed by atoms with van der Waals surface area (Å²) in [7, 11) is 0. The second kappa shape index (κ2) is 6.94. The van der Waals surface area contributed by atoms with Crippen LogP contribution in [-0.2, 0) is 4.74 Å². The SMILES string of the molecule is CCOC(=O)c1sc(N/N=C(/C)c2ccccn2)nc1C. The van der Waals surface area contributed by atoms with E-state index in [2.05, 4.69) is 20.5 Å². The number of hydrogen-bond acceptors (Lipinski definition) is 7. The molecule has 2 heterocycles. The number of esters is 1. The fourth-order valence-corrected chi connectivity index (χ4v) is 2.40. The van der Waals surface area contributed by atoms with Crippen LogP contribution in [0.5, 0.6) is 0 Å². The minimum absolute atomic E-state index is 0.343. The van der Waals surface area contributed by atoms with Gasteiger partial charge < -0.3 is 4.74 Å². The van der Waals surface area contributed by atoms with Crippen LogP contribution >= 0.6 is 11.3 Å². The normalized spacial score (nSPS) is 11.3. The highest BCUT2D eigenvalue weighted by atomic mass is 32.1. The first kappa shape index (κ1) is 15.1. The molecule has 0 aliphatic rings. The van der Waals surface area contributed by atoms with Crippen LogP contribution in [0.25, 0.3) is 0 Å². The van der Waals surface area contributed by atoms with E-state index in [-0.39, 0.29) is 5.97 Å². The molecule has 0 aliphatic heterocycles. The summed E-state index contributed by atoms with van der Waals surface area (Å²) in [5.74, 6) is -0.356. The van der Waals surface area contributed by atoms with E-state index in [9.17, 15) is 4.79 Å². The Balaban J connectivity index is 2.10. The third kappa shape index (κ3) is 3.85. The number of hydrazone groups is 1. The maximum atomic E-state index is 11.7. The molecule has 0 unspecified atom stereocenters. The minimum atomic E-state index is -0.356. The fourth-order valence-electron chi connectivity index (χ4n) is 1.60. The summed E-state index contributed by atoms with van der Waals surface area (Å²) in [6.07, 6.45) is 1.71. The van der Waals surface area contributed by atoms with Crippen LogP contribution in [0.3, 0.4) is 0 Å². The van der Waals surface area contributed by atoms with Crippen molar-refractivity contribution in [1.82, 2.24) is 9.97 Å². The molecule has 0 saturated carbocycles. The highest BCUT2D eigenvalue weighted by molar-refractivity contribution is 7.17. The predicted molar refractivity (Wildman–Crippen MR) is 82.9 cm³/mol. The smallest absolute Gasteiger partial charge is 0.350 e. The van der Waals surface area contributed by atoms with E-state index >= 15 is 0 Å². The van der Waals surface area contributed by atoms with Gasteiger partial charge >= 0.3 is 5.97 Å². The number of anilines is 1. The average molecular weight is 304 g/mol. The van der Waals surface area contributed by atoms with Gasteiger partial charge in [-0.1, -0.05) is 17.4 Å². The van der Waals surface area contributed by atoms with Crippen LogP contribution in [0.15, 0.2) is 29.5 Å². The third-order valence-corrected chi connectivity index (χ3v) is 3.65. The van der Waals surface area contributed by atoms with Crippen LogP contribution in [0.4, 0.5) is 5.13 Å². The highest BCUT2D eigenvalue weighted by Crippen LogP contribution is 2.23. The summed E-state index contributed by atoms with van der Waals surface area (Å²) in [6.45, 7) is 5.73. The van der Waals surface area contributed by atoms with Gasteiger partial charge in [0.15, 0.2) is 0 Å². The third-order valence-electron chi connectivity index (χ3n) is 2.61. The number of ether oxygens (including phenoxy) is 1. The van der Waals surface area contributed by atoms with Crippen molar-refractivity contribution in [3.8, 4) is 0 Å². The maximum absolute atomic E-state index is 11.7. The summed E-state index contributed by atoms with van der Waals surface area (Å²) in [5.41, 5.74) is 5.00. The lowest BCUT2D eigenvalue weighted by Crippen LogP contribution is -2.03. The molecule has 0 bridgehead atoms. The van der Waals surface area contributed by atoms with E-state index in [0.717, 1.165) is 11.4 Å². The molecule has 7 heteroatoms. The molecule has 0 amide bonds. The molecule has 1 N–H and O–H groups in total. The molecule has 110 valence electrons. The number of aromatic nitrogens is 2. The monoisotopic (exact) mass is 304 g/mol. The molecule has 0 saturated heterocycles. The van der Waals surface area contributed by atoms with Crippen molar-refractivity contribution in [2.24, 2.45) is 5.10 Å². The first-order chi connectivity index (χ1) is 10.1. The van der Waals surface area contributed by atoms with Gasteiger partial charge in [-0.05, 0) is 32.9 Å². The summed E-state index contributed by atoms with van der Waals surface area (Å²) < 4.78 is 4.97. The number of nitrogens with one attached hydrogen (secondary N) is 1. The molecule has 21 heavy (non-hydrogen) atoms. The van der Waals surface area contributed by atoms with Gasteiger partial charge in [0.2, 0.25) is 5.13 Å². The molecular weight excluding hydrogens is 288 g/mol. The van der Waals surface area contributed by atoms with E-state index in [1.807, 2.05) is 25.1 Å². The molecular formula is C14H16N4O2S. The second-order valence-corrected chi connectivity index (χ2v) is 5.18. The zero-order chi connectivity index (χ0) is 15.2. The van der Waals surface area contributed by atoms with Crippen LogP contribution in [0.2, 0.25) is 0 Å². The number of rotatable bonds is 5. The van der Waals surface area contributed by atoms with E-state index < -0.39 is 0 Å². The molecule has 0 aliphatic carbocycles. The van der Waals surface area contributed by atoms with E-state index in [1.165, 1.54) is 11.3 Å². The first-order valence-electron chi connectivity index (χ1n) is 6.48. The maximum Gasteiger partial charge on any atom is 0.350 e. The van der Waals surface area contributed by atoms with Gasteiger partial charge in [-0.2, -0.15) is 5.10 Å². The Morgan fingerprint density at radius 2 is 2.29 bits per heavy atom. The lowest BCUT2D eigenvalue weighted by molar-refractivity contribution is 0.0531. The van der Waals surface area contributed by atoms with Gasteiger partial charge in [-0.3, -0.25) is 10.4 Å². The average Bonchev–Trinajstić information content (AvgIpc) is 2.87. The topological polar surface area (TPSA) is 76.5 Å². The van der Waals surface area contributed by atoms with Crippen molar-refractivity contribution < 1.29 is 9.53 Å². The van der Waals surface area contributed by atoms with Crippen LogP contribution in [0, 0.1) is 6.92 Å². The minimum Gasteiger partial charge on any atom is -0.462 e. The quantitative estimate of drug-likeness (QED) is 0.522. The van der Waals surface area contributed by atoms with Crippen molar-refractivity contribution >= 4 is 28.1 Å². The molecule has 2 aromatic rings. The fraction of sp³-hybridized carbons (Fsp3) is 0.286. The Hall–Kier alpha value is -2.28. The van der Waals surface area contributed by atoms with Crippen molar-refractivity contribution in [3.05, 3.63) is 40.7 Å².